The van der Waals surface area contributed by atoms with Crippen molar-refractivity contribution in [3.05, 3.63) is 90.2 Å². The highest BCUT2D eigenvalue weighted by Gasteiger charge is 2.40. The quantitative estimate of drug-likeness (QED) is 0.321. The molecule has 6 nitrogen and oxygen atoms in total. The molecule has 1 aliphatic heterocycles. The van der Waals surface area contributed by atoms with Crippen molar-refractivity contribution in [2.75, 3.05) is 17.3 Å². The molecule has 1 aliphatic rings. The number of halogens is 1. The molecule has 0 aromatic heterocycles. The van der Waals surface area contributed by atoms with Gasteiger partial charge in [-0.25, -0.2) is 9.29 Å². The Morgan fingerprint density at radius 1 is 1.06 bits per heavy atom. The van der Waals surface area contributed by atoms with E-state index in [2.05, 4.69) is 10.3 Å². The predicted octanol–water partition coefficient (Wildman–Crippen LogP) is 4.87. The predicted molar refractivity (Wildman–Crippen MR) is 129 cm³/mol. The van der Waals surface area contributed by atoms with Crippen LogP contribution in [0.4, 0.5) is 15.8 Å². The molecule has 1 heterocycles. The number of carbonyl (C=O) groups is 2. The van der Waals surface area contributed by atoms with Gasteiger partial charge in [-0.15, -0.1) is 0 Å². The lowest BCUT2D eigenvalue weighted by Crippen LogP contribution is -2.31. The summed E-state index contributed by atoms with van der Waals surface area (Å²) in [6, 6.07) is 22.4. The van der Waals surface area contributed by atoms with Crippen LogP contribution in [0.3, 0.4) is 0 Å². The summed E-state index contributed by atoms with van der Waals surface area (Å²) in [6.07, 6.45) is 0.0406. The van der Waals surface area contributed by atoms with Gasteiger partial charge in [-0.05, 0) is 54.1 Å². The fourth-order valence-electron chi connectivity index (χ4n) is 3.34. The SMILES string of the molecule is COc1ccc(CN=C(Nc2ccccc2)S[C@@H]2CC(=O)N(c3ccc(F)cc3)C2=O)cc1. The first-order valence-corrected chi connectivity index (χ1v) is 11.2. The number of amidine groups is 1. The summed E-state index contributed by atoms with van der Waals surface area (Å²) in [5.41, 5.74) is 2.17. The number of aliphatic imine (C=N–C) groups is 1. The average Bonchev–Trinajstić information content (AvgIpc) is 3.11. The van der Waals surface area contributed by atoms with Crippen LogP contribution in [0.15, 0.2) is 83.9 Å². The molecule has 1 fully saturated rings. The molecular formula is C25H22FN3O3S. The molecule has 3 aromatic carbocycles. The molecule has 0 unspecified atom stereocenters. The Labute approximate surface area is 195 Å². The number of methoxy groups -OCH3 is 1. The van der Waals surface area contributed by atoms with Crippen LogP contribution in [0.5, 0.6) is 5.75 Å². The molecule has 2 amide bonds. The number of nitrogens with zero attached hydrogens (tertiary/aromatic N) is 2. The molecule has 0 spiro atoms. The highest BCUT2D eigenvalue weighted by Crippen LogP contribution is 2.31. The van der Waals surface area contributed by atoms with Gasteiger partial charge in [0.05, 0.1) is 19.3 Å². The third-order valence-corrected chi connectivity index (χ3v) is 6.14. The Balaban J connectivity index is 1.53. The maximum Gasteiger partial charge on any atom is 0.247 e. The number of rotatable bonds is 6. The van der Waals surface area contributed by atoms with Crippen molar-refractivity contribution in [2.24, 2.45) is 4.99 Å². The maximum absolute atomic E-state index is 13.3. The van der Waals surface area contributed by atoms with E-state index in [9.17, 15) is 14.0 Å². The Morgan fingerprint density at radius 2 is 1.76 bits per heavy atom. The van der Waals surface area contributed by atoms with Gasteiger partial charge in [-0.3, -0.25) is 14.6 Å². The fraction of sp³-hybridized carbons (Fsp3) is 0.160. The van der Waals surface area contributed by atoms with E-state index in [1.54, 1.807) is 7.11 Å². The van der Waals surface area contributed by atoms with Crippen LogP contribution in [0.25, 0.3) is 0 Å². The zero-order valence-corrected chi connectivity index (χ0v) is 18.7. The summed E-state index contributed by atoms with van der Waals surface area (Å²) in [5.74, 6) is -0.332. The number of imide groups is 1. The van der Waals surface area contributed by atoms with Gasteiger partial charge in [0.2, 0.25) is 11.8 Å². The van der Waals surface area contributed by atoms with Crippen LogP contribution in [-0.4, -0.2) is 29.3 Å². The van der Waals surface area contributed by atoms with Crippen molar-refractivity contribution < 1.29 is 18.7 Å². The van der Waals surface area contributed by atoms with Crippen LogP contribution in [0.2, 0.25) is 0 Å². The Hall–Kier alpha value is -3.65. The second-order valence-electron chi connectivity index (χ2n) is 7.31. The first-order chi connectivity index (χ1) is 16.0. The molecule has 0 bridgehead atoms. The van der Waals surface area contributed by atoms with Crippen molar-refractivity contribution in [3.8, 4) is 5.75 Å². The van der Waals surface area contributed by atoms with Crippen molar-refractivity contribution in [3.63, 3.8) is 0 Å². The van der Waals surface area contributed by atoms with Crippen LogP contribution in [0.1, 0.15) is 12.0 Å². The molecule has 0 saturated carbocycles. The third kappa shape index (κ3) is 5.59. The lowest BCUT2D eigenvalue weighted by molar-refractivity contribution is -0.121. The van der Waals surface area contributed by atoms with Crippen molar-refractivity contribution in [1.82, 2.24) is 0 Å². The van der Waals surface area contributed by atoms with Gasteiger partial charge in [-0.2, -0.15) is 0 Å². The molecule has 4 rings (SSSR count). The van der Waals surface area contributed by atoms with Crippen LogP contribution >= 0.6 is 11.8 Å². The summed E-state index contributed by atoms with van der Waals surface area (Å²) in [5, 5.41) is 3.15. The second-order valence-corrected chi connectivity index (χ2v) is 8.51. The number of anilines is 2. The number of carbonyl (C=O) groups excluding carboxylic acids is 2. The minimum Gasteiger partial charge on any atom is -0.497 e. The summed E-state index contributed by atoms with van der Waals surface area (Å²) >= 11 is 1.22. The highest BCUT2D eigenvalue weighted by atomic mass is 32.2. The van der Waals surface area contributed by atoms with E-state index in [0.717, 1.165) is 21.9 Å². The second kappa shape index (κ2) is 10.3. The van der Waals surface area contributed by atoms with E-state index in [-0.39, 0.29) is 18.2 Å². The summed E-state index contributed by atoms with van der Waals surface area (Å²) < 4.78 is 18.5. The Bertz CT molecular complexity index is 1150. The van der Waals surface area contributed by atoms with Gasteiger partial charge >= 0.3 is 0 Å². The smallest absolute Gasteiger partial charge is 0.247 e. The topological polar surface area (TPSA) is 71.0 Å². The monoisotopic (exact) mass is 463 g/mol. The molecule has 1 saturated heterocycles. The number of amides is 2. The van der Waals surface area contributed by atoms with Gasteiger partial charge in [-0.1, -0.05) is 42.1 Å². The molecule has 3 aromatic rings. The number of para-hydroxylation sites is 1. The van der Waals surface area contributed by atoms with Crippen molar-refractivity contribution >= 4 is 40.1 Å². The van der Waals surface area contributed by atoms with E-state index in [0.29, 0.717) is 17.4 Å². The molecule has 0 radical (unpaired) electrons. The van der Waals surface area contributed by atoms with Crippen molar-refractivity contribution in [1.29, 1.82) is 0 Å². The molecule has 1 N–H and O–H groups in total. The van der Waals surface area contributed by atoms with Gasteiger partial charge in [0.15, 0.2) is 5.17 Å². The molecule has 33 heavy (non-hydrogen) atoms. The number of hydrogen-bond acceptors (Lipinski definition) is 5. The number of hydrogen-bond donors (Lipinski definition) is 1. The van der Waals surface area contributed by atoms with E-state index in [1.165, 1.54) is 36.0 Å². The molecule has 1 atom stereocenters. The van der Waals surface area contributed by atoms with Crippen LogP contribution in [0, 0.1) is 5.82 Å². The first kappa shape index (κ1) is 22.5. The minimum atomic E-state index is -0.631. The largest absolute Gasteiger partial charge is 0.497 e. The highest BCUT2D eigenvalue weighted by molar-refractivity contribution is 8.15. The molecule has 168 valence electrons. The maximum atomic E-state index is 13.3. The third-order valence-electron chi connectivity index (χ3n) is 5.03. The normalized spacial score (nSPS) is 16.2. The average molecular weight is 464 g/mol. The first-order valence-electron chi connectivity index (χ1n) is 10.3. The zero-order chi connectivity index (χ0) is 23.2. The van der Waals surface area contributed by atoms with E-state index in [1.807, 2.05) is 54.6 Å². The summed E-state index contributed by atoms with van der Waals surface area (Å²) in [4.78, 5) is 31.4. The molecular weight excluding hydrogens is 441 g/mol. The van der Waals surface area contributed by atoms with E-state index >= 15 is 0 Å². The Kier molecular flexibility index (Phi) is 7.04. The van der Waals surface area contributed by atoms with Crippen molar-refractivity contribution in [2.45, 2.75) is 18.2 Å². The molecule has 0 aliphatic carbocycles. The number of thioether (sulfide) groups is 1. The zero-order valence-electron chi connectivity index (χ0n) is 17.9. The van der Waals surface area contributed by atoms with Crippen LogP contribution in [-0.2, 0) is 16.1 Å². The fourth-order valence-corrected chi connectivity index (χ4v) is 4.36. The van der Waals surface area contributed by atoms with E-state index < -0.39 is 11.1 Å². The van der Waals surface area contributed by atoms with Gasteiger partial charge in [0.1, 0.15) is 16.8 Å². The summed E-state index contributed by atoms with van der Waals surface area (Å²) in [7, 11) is 1.61. The standard InChI is InChI=1S/C25H22FN3O3S/c1-32-21-13-7-17(8-14-21)16-27-25(28-19-5-3-2-4-6-19)33-22-15-23(30)29(24(22)31)20-11-9-18(26)10-12-20/h2-14,22H,15-16H2,1H3,(H,27,28)/t22-/m1/s1. The minimum absolute atomic E-state index is 0.0406. The van der Waals surface area contributed by atoms with Gasteiger partial charge in [0, 0.05) is 12.1 Å². The summed E-state index contributed by atoms with van der Waals surface area (Å²) in [6.45, 7) is 0.392. The van der Waals surface area contributed by atoms with Gasteiger partial charge in [0.25, 0.3) is 0 Å². The number of nitrogens with one attached hydrogen (secondary N) is 1. The number of benzene rings is 3. The van der Waals surface area contributed by atoms with Crippen LogP contribution < -0.4 is 15.0 Å². The Morgan fingerprint density at radius 3 is 2.42 bits per heavy atom. The lowest BCUT2D eigenvalue weighted by Gasteiger charge is -2.16. The lowest BCUT2D eigenvalue weighted by atomic mass is 10.2. The van der Waals surface area contributed by atoms with Gasteiger partial charge < -0.3 is 10.1 Å². The number of ether oxygens (including phenoxy) is 1. The van der Waals surface area contributed by atoms with E-state index in [4.69, 9.17) is 4.74 Å². The molecule has 8 heteroatoms.